The van der Waals surface area contributed by atoms with Gasteiger partial charge in [-0.3, -0.25) is 4.79 Å². The number of carbonyl (C=O) groups is 2. The van der Waals surface area contributed by atoms with Crippen molar-refractivity contribution in [3.63, 3.8) is 0 Å². The molecule has 3 rings (SSSR count). The lowest BCUT2D eigenvalue weighted by atomic mass is 9.83. The molecule has 1 aromatic carbocycles. The smallest absolute Gasteiger partial charge is 0.319 e. The van der Waals surface area contributed by atoms with Crippen LogP contribution >= 0.6 is 0 Å². The van der Waals surface area contributed by atoms with Gasteiger partial charge in [-0.2, -0.15) is 0 Å². The van der Waals surface area contributed by atoms with Crippen molar-refractivity contribution in [3.8, 4) is 0 Å². The number of rotatable bonds is 1. The Labute approximate surface area is 137 Å². The Morgan fingerprint density at radius 3 is 2.26 bits per heavy atom. The highest BCUT2D eigenvalue weighted by Crippen LogP contribution is 2.27. The quantitative estimate of drug-likeness (QED) is 0.790. The zero-order valence-electron chi connectivity index (χ0n) is 14.0. The van der Waals surface area contributed by atoms with E-state index in [1.54, 1.807) is 19.0 Å². The summed E-state index contributed by atoms with van der Waals surface area (Å²) < 4.78 is 0. The van der Waals surface area contributed by atoms with Crippen LogP contribution in [0.25, 0.3) is 0 Å². The molecule has 3 amide bonds. The van der Waals surface area contributed by atoms with Crippen LogP contribution in [0.3, 0.4) is 0 Å². The van der Waals surface area contributed by atoms with Crippen molar-refractivity contribution >= 4 is 11.9 Å². The molecule has 124 valence electrons. The van der Waals surface area contributed by atoms with Crippen LogP contribution in [-0.4, -0.2) is 66.9 Å². The molecule has 1 aliphatic carbocycles. The largest absolute Gasteiger partial charge is 0.339 e. The SMILES string of the molecule is CN(C)C(=O)N1CCN(C(=O)C2CCc3ccccc3C2)CC1. The van der Waals surface area contributed by atoms with E-state index in [0.29, 0.717) is 26.2 Å². The maximum Gasteiger partial charge on any atom is 0.319 e. The van der Waals surface area contributed by atoms with Crippen LogP contribution in [-0.2, 0) is 17.6 Å². The van der Waals surface area contributed by atoms with E-state index in [0.717, 1.165) is 19.3 Å². The molecule has 0 saturated carbocycles. The lowest BCUT2D eigenvalue weighted by molar-refractivity contribution is -0.137. The highest BCUT2D eigenvalue weighted by atomic mass is 16.2. The van der Waals surface area contributed by atoms with E-state index >= 15 is 0 Å². The van der Waals surface area contributed by atoms with Gasteiger partial charge in [-0.15, -0.1) is 0 Å². The Morgan fingerprint density at radius 2 is 1.61 bits per heavy atom. The predicted molar refractivity (Wildman–Crippen MR) is 89.2 cm³/mol. The first-order chi connectivity index (χ1) is 11.1. The van der Waals surface area contributed by atoms with Gasteiger partial charge in [0.2, 0.25) is 5.91 Å². The summed E-state index contributed by atoms with van der Waals surface area (Å²) in [5, 5.41) is 0. The third-order valence-electron chi connectivity index (χ3n) is 4.94. The number of hydrogen-bond donors (Lipinski definition) is 0. The molecule has 1 heterocycles. The molecular formula is C18H25N3O2. The molecule has 5 nitrogen and oxygen atoms in total. The minimum absolute atomic E-state index is 0.0312. The van der Waals surface area contributed by atoms with Gasteiger partial charge in [-0.1, -0.05) is 24.3 Å². The number of urea groups is 1. The van der Waals surface area contributed by atoms with Crippen LogP contribution in [0.1, 0.15) is 17.5 Å². The van der Waals surface area contributed by atoms with E-state index in [2.05, 4.69) is 24.3 Å². The normalized spacial score (nSPS) is 20.9. The summed E-state index contributed by atoms with van der Waals surface area (Å²) in [4.78, 5) is 30.1. The number of nitrogens with zero attached hydrogens (tertiary/aromatic N) is 3. The van der Waals surface area contributed by atoms with Gasteiger partial charge in [0.1, 0.15) is 0 Å². The minimum Gasteiger partial charge on any atom is -0.339 e. The van der Waals surface area contributed by atoms with Gasteiger partial charge in [0.25, 0.3) is 0 Å². The number of piperazine rings is 1. The van der Waals surface area contributed by atoms with Gasteiger partial charge in [0.15, 0.2) is 0 Å². The number of benzene rings is 1. The van der Waals surface area contributed by atoms with Crippen LogP contribution in [0, 0.1) is 5.92 Å². The number of hydrogen-bond acceptors (Lipinski definition) is 2. The molecule has 5 heteroatoms. The third kappa shape index (κ3) is 3.33. The Kier molecular flexibility index (Phi) is 4.55. The van der Waals surface area contributed by atoms with Crippen molar-refractivity contribution < 1.29 is 9.59 Å². The number of aryl methyl sites for hydroxylation is 1. The summed E-state index contributed by atoms with van der Waals surface area (Å²) in [6.45, 7) is 2.56. The van der Waals surface area contributed by atoms with Crippen molar-refractivity contribution in [2.45, 2.75) is 19.3 Å². The fourth-order valence-electron chi connectivity index (χ4n) is 3.57. The topological polar surface area (TPSA) is 43.9 Å². The molecule has 1 aromatic rings. The minimum atomic E-state index is 0.0312. The second-order valence-electron chi connectivity index (χ2n) is 6.70. The fraction of sp³-hybridized carbons (Fsp3) is 0.556. The first kappa shape index (κ1) is 15.8. The molecule has 2 aliphatic rings. The van der Waals surface area contributed by atoms with E-state index in [-0.39, 0.29) is 17.9 Å². The molecule has 1 saturated heterocycles. The molecule has 1 aliphatic heterocycles. The van der Waals surface area contributed by atoms with Crippen molar-refractivity contribution in [2.75, 3.05) is 40.3 Å². The molecule has 0 bridgehead atoms. The molecule has 1 atom stereocenters. The van der Waals surface area contributed by atoms with E-state index in [1.807, 2.05) is 9.80 Å². The first-order valence-electron chi connectivity index (χ1n) is 8.38. The lowest BCUT2D eigenvalue weighted by Crippen LogP contribution is -2.54. The van der Waals surface area contributed by atoms with Crippen molar-refractivity contribution in [1.29, 1.82) is 0 Å². The van der Waals surface area contributed by atoms with Crippen LogP contribution in [0.4, 0.5) is 4.79 Å². The summed E-state index contributed by atoms with van der Waals surface area (Å²) in [7, 11) is 3.53. The van der Waals surface area contributed by atoms with E-state index in [1.165, 1.54) is 11.1 Å². The van der Waals surface area contributed by atoms with Crippen LogP contribution in [0.5, 0.6) is 0 Å². The van der Waals surface area contributed by atoms with Gasteiger partial charge in [0, 0.05) is 46.2 Å². The molecule has 23 heavy (non-hydrogen) atoms. The third-order valence-corrected chi connectivity index (χ3v) is 4.94. The lowest BCUT2D eigenvalue weighted by Gasteiger charge is -2.38. The Hall–Kier alpha value is -2.04. The molecular weight excluding hydrogens is 290 g/mol. The fourth-order valence-corrected chi connectivity index (χ4v) is 3.57. The average Bonchev–Trinajstić information content (AvgIpc) is 2.60. The second kappa shape index (κ2) is 6.60. The summed E-state index contributed by atoms with van der Waals surface area (Å²) in [5.74, 6) is 0.359. The average molecular weight is 315 g/mol. The zero-order chi connectivity index (χ0) is 16.4. The highest BCUT2D eigenvalue weighted by molar-refractivity contribution is 5.80. The second-order valence-corrected chi connectivity index (χ2v) is 6.70. The van der Waals surface area contributed by atoms with Gasteiger partial charge in [0.05, 0.1) is 0 Å². The van der Waals surface area contributed by atoms with Crippen LogP contribution < -0.4 is 0 Å². The predicted octanol–water partition coefficient (Wildman–Crippen LogP) is 1.62. The van der Waals surface area contributed by atoms with Crippen molar-refractivity contribution in [2.24, 2.45) is 5.92 Å². The number of amides is 3. The highest BCUT2D eigenvalue weighted by Gasteiger charge is 2.31. The molecule has 0 N–H and O–H groups in total. The van der Waals surface area contributed by atoms with Crippen LogP contribution in [0.2, 0.25) is 0 Å². The maximum atomic E-state index is 12.8. The van der Waals surface area contributed by atoms with Gasteiger partial charge >= 0.3 is 6.03 Å². The molecule has 1 fully saturated rings. The van der Waals surface area contributed by atoms with Crippen molar-refractivity contribution in [1.82, 2.24) is 14.7 Å². The Bertz CT molecular complexity index is 592. The summed E-state index contributed by atoms with van der Waals surface area (Å²) in [6, 6.07) is 8.47. The summed E-state index contributed by atoms with van der Waals surface area (Å²) >= 11 is 0. The van der Waals surface area contributed by atoms with Gasteiger partial charge < -0.3 is 14.7 Å². The molecule has 0 spiro atoms. The standard InChI is InChI=1S/C18H25N3O2/c1-19(2)18(23)21-11-9-20(10-12-21)17(22)16-8-7-14-5-3-4-6-15(14)13-16/h3-6,16H,7-13H2,1-2H3. The number of carbonyl (C=O) groups excluding carboxylic acids is 2. The van der Waals surface area contributed by atoms with Crippen molar-refractivity contribution in [3.05, 3.63) is 35.4 Å². The van der Waals surface area contributed by atoms with Crippen LogP contribution in [0.15, 0.2) is 24.3 Å². The monoisotopic (exact) mass is 315 g/mol. The maximum absolute atomic E-state index is 12.8. The van der Waals surface area contributed by atoms with Gasteiger partial charge in [-0.25, -0.2) is 4.79 Å². The molecule has 1 unspecified atom stereocenters. The number of fused-ring (bicyclic) bond motifs is 1. The van der Waals surface area contributed by atoms with E-state index in [4.69, 9.17) is 0 Å². The van der Waals surface area contributed by atoms with E-state index < -0.39 is 0 Å². The molecule has 0 radical (unpaired) electrons. The molecule has 0 aromatic heterocycles. The van der Waals surface area contributed by atoms with Gasteiger partial charge in [-0.05, 0) is 30.4 Å². The summed E-state index contributed by atoms with van der Waals surface area (Å²) in [5.41, 5.74) is 2.71. The van der Waals surface area contributed by atoms with E-state index in [9.17, 15) is 9.59 Å². The summed E-state index contributed by atoms with van der Waals surface area (Å²) in [6.07, 6.45) is 2.78. The first-order valence-corrected chi connectivity index (χ1v) is 8.38. The Balaban J connectivity index is 1.57. The Morgan fingerprint density at radius 1 is 1.00 bits per heavy atom. The zero-order valence-corrected chi connectivity index (χ0v) is 14.0.